The first-order valence-corrected chi connectivity index (χ1v) is 21.4. The number of benzene rings is 2. The van der Waals surface area contributed by atoms with Gasteiger partial charge in [-0.05, 0) is 74.2 Å². The van der Waals surface area contributed by atoms with Crippen LogP contribution in [0.5, 0.6) is 11.5 Å². The summed E-state index contributed by atoms with van der Waals surface area (Å²) in [6.07, 6.45) is 19.5. The zero-order chi connectivity index (χ0) is 38.4. The average molecular weight is 769 g/mol. The molecule has 2 heterocycles. The molecule has 0 atom stereocenters. The second-order valence-electron chi connectivity index (χ2n) is 13.4. The largest absolute Gasteiger partial charge is 0.491 e. The van der Waals surface area contributed by atoms with Crippen molar-refractivity contribution in [2.75, 3.05) is 24.6 Å². The highest BCUT2D eigenvalue weighted by molar-refractivity contribution is 8.76. The number of hydrogen-bond acceptors (Lipinski definition) is 6. The van der Waals surface area contributed by atoms with E-state index in [4.69, 9.17) is 9.47 Å². The van der Waals surface area contributed by atoms with Crippen LogP contribution >= 0.6 is 21.6 Å². The van der Waals surface area contributed by atoms with E-state index in [1.54, 1.807) is 21.6 Å². The summed E-state index contributed by atoms with van der Waals surface area (Å²) in [4.78, 5) is 24.6. The highest BCUT2D eigenvalue weighted by Crippen LogP contribution is 2.19. The fourth-order valence-corrected chi connectivity index (χ4v) is 7.12. The zero-order valence-corrected chi connectivity index (χ0v) is 33.7. The molecule has 2 aromatic heterocycles. The zero-order valence-electron chi connectivity index (χ0n) is 32.1. The summed E-state index contributed by atoms with van der Waals surface area (Å²) in [5.74, 6) is 3.58. The summed E-state index contributed by atoms with van der Waals surface area (Å²) in [5.41, 5.74) is 4.49. The van der Waals surface area contributed by atoms with Crippen LogP contribution in [-0.4, -0.2) is 48.6 Å². The molecule has 8 nitrogen and oxygen atoms in total. The number of rotatable bonds is 23. The molecule has 0 bridgehead atoms. The molecule has 0 aliphatic carbocycles. The number of amides is 2. The van der Waals surface area contributed by atoms with E-state index in [2.05, 4.69) is 117 Å². The van der Waals surface area contributed by atoms with Gasteiger partial charge >= 0.3 is 0 Å². The fraction of sp³-hybridized carbons (Fsp3) is 0.364. The molecule has 2 aromatic carbocycles. The van der Waals surface area contributed by atoms with Gasteiger partial charge in [0.2, 0.25) is 11.8 Å². The third-order valence-corrected chi connectivity index (χ3v) is 10.4. The van der Waals surface area contributed by atoms with Gasteiger partial charge in [-0.1, -0.05) is 70.2 Å². The quantitative estimate of drug-likeness (QED) is 0.0452. The van der Waals surface area contributed by atoms with Crippen LogP contribution in [0.2, 0.25) is 0 Å². The molecule has 0 unspecified atom stereocenters. The van der Waals surface area contributed by atoms with Crippen LogP contribution in [0.25, 0.3) is 24.3 Å². The molecule has 0 fully saturated rings. The molecule has 0 radical (unpaired) electrons. The predicted molar refractivity (Wildman–Crippen MR) is 225 cm³/mol. The molecule has 0 spiro atoms. The van der Waals surface area contributed by atoms with Crippen molar-refractivity contribution >= 4 is 57.7 Å². The number of hydrogen-bond donors (Lipinski definition) is 2. The molecule has 4 rings (SSSR count). The van der Waals surface area contributed by atoms with Gasteiger partial charge in [0.1, 0.15) is 24.6 Å². The minimum absolute atomic E-state index is 0.0820. The number of pyridine rings is 2. The molecule has 54 heavy (non-hydrogen) atoms. The Hall–Kier alpha value is -4.54. The Morgan fingerprint density at radius 2 is 0.889 bits per heavy atom. The summed E-state index contributed by atoms with van der Waals surface area (Å²) < 4.78 is 15.6. The normalized spacial score (nSPS) is 11.4. The summed E-state index contributed by atoms with van der Waals surface area (Å²) >= 11 is 0. The lowest BCUT2D eigenvalue weighted by molar-refractivity contribution is -0.697. The van der Waals surface area contributed by atoms with E-state index >= 15 is 0 Å². The van der Waals surface area contributed by atoms with Crippen molar-refractivity contribution in [3.8, 4) is 11.5 Å². The highest BCUT2D eigenvalue weighted by atomic mass is 33.1. The molecule has 4 aromatic rings. The van der Waals surface area contributed by atoms with Gasteiger partial charge in [-0.25, -0.2) is 9.13 Å². The molecular formula is C44H56N4O4S2+2. The Labute approximate surface area is 329 Å². The van der Waals surface area contributed by atoms with E-state index in [1.165, 1.54) is 0 Å². The van der Waals surface area contributed by atoms with Crippen LogP contribution in [0.3, 0.4) is 0 Å². The van der Waals surface area contributed by atoms with Crippen molar-refractivity contribution in [3.63, 3.8) is 0 Å². The van der Waals surface area contributed by atoms with Gasteiger partial charge < -0.3 is 20.1 Å². The lowest BCUT2D eigenvalue weighted by atomic mass is 10.1. The Bertz CT molecular complexity index is 1610. The fourth-order valence-electron chi connectivity index (χ4n) is 5.31. The van der Waals surface area contributed by atoms with Gasteiger partial charge in [-0.15, -0.1) is 0 Å². The van der Waals surface area contributed by atoms with Crippen molar-refractivity contribution in [2.24, 2.45) is 0 Å². The first kappa shape index (κ1) is 42.2. The molecule has 286 valence electrons. The standard InChI is InChI=1S/C44H54N4O4S2/c1-35(2)51-41-17-13-37(14-18-41)9-11-39-21-29-47(30-22-39)27-5-7-43(49)45-25-33-53-54-34-26-46-44(50)8-6-28-48-31-23-40(24-32-48)12-10-38-15-19-42(20-16-38)52-36(3)4/h9-24,29-32,35-36H,5-8,25-28,33-34H2,1-4H3/p+2. The lowest BCUT2D eigenvalue weighted by Crippen LogP contribution is -2.34. The van der Waals surface area contributed by atoms with Gasteiger partial charge in [0.05, 0.1) is 12.2 Å². The summed E-state index contributed by atoms with van der Waals surface area (Å²) in [6, 6.07) is 24.5. The van der Waals surface area contributed by atoms with E-state index in [9.17, 15) is 9.59 Å². The molecule has 0 aliphatic rings. The van der Waals surface area contributed by atoms with Crippen molar-refractivity contribution in [2.45, 2.75) is 78.7 Å². The van der Waals surface area contributed by atoms with E-state index in [0.29, 0.717) is 25.9 Å². The maximum atomic E-state index is 12.3. The van der Waals surface area contributed by atoms with Crippen LogP contribution in [0.4, 0.5) is 0 Å². The summed E-state index contributed by atoms with van der Waals surface area (Å²) in [6.45, 7) is 11.0. The summed E-state index contributed by atoms with van der Waals surface area (Å²) in [7, 11) is 3.43. The minimum Gasteiger partial charge on any atom is -0.491 e. The van der Waals surface area contributed by atoms with Gasteiger partial charge in [0.15, 0.2) is 24.8 Å². The van der Waals surface area contributed by atoms with Crippen molar-refractivity contribution in [1.82, 2.24) is 10.6 Å². The van der Waals surface area contributed by atoms with Crippen LogP contribution in [0, 0.1) is 0 Å². The van der Waals surface area contributed by atoms with Crippen LogP contribution in [0.1, 0.15) is 75.6 Å². The van der Waals surface area contributed by atoms with Crippen molar-refractivity contribution < 1.29 is 28.2 Å². The molecule has 2 N–H and O–H groups in total. The summed E-state index contributed by atoms with van der Waals surface area (Å²) in [5, 5.41) is 6.03. The first-order chi connectivity index (χ1) is 26.2. The maximum Gasteiger partial charge on any atom is 0.220 e. The lowest BCUT2D eigenvalue weighted by Gasteiger charge is -2.09. The number of nitrogens with zero attached hydrogens (tertiary/aromatic N) is 2. The number of ether oxygens (including phenoxy) is 2. The Morgan fingerprint density at radius 1 is 0.556 bits per heavy atom. The molecule has 10 heteroatoms. The van der Waals surface area contributed by atoms with Crippen LogP contribution in [-0.2, 0) is 22.7 Å². The average Bonchev–Trinajstić information content (AvgIpc) is 3.16. The van der Waals surface area contributed by atoms with E-state index < -0.39 is 0 Å². The third kappa shape index (κ3) is 17.5. The highest BCUT2D eigenvalue weighted by Gasteiger charge is 2.07. The molecular weight excluding hydrogens is 713 g/mol. The molecule has 0 saturated carbocycles. The van der Waals surface area contributed by atoms with Crippen molar-refractivity contribution in [3.05, 3.63) is 120 Å². The number of aryl methyl sites for hydroxylation is 2. The molecule has 2 amide bonds. The van der Waals surface area contributed by atoms with Gasteiger partial charge in [-0.3, -0.25) is 9.59 Å². The number of carbonyl (C=O) groups excluding carboxylic acids is 2. The Morgan fingerprint density at radius 3 is 1.22 bits per heavy atom. The smallest absolute Gasteiger partial charge is 0.220 e. The monoisotopic (exact) mass is 768 g/mol. The van der Waals surface area contributed by atoms with Gasteiger partial charge in [0, 0.05) is 74.5 Å². The van der Waals surface area contributed by atoms with E-state index in [-0.39, 0.29) is 24.0 Å². The van der Waals surface area contributed by atoms with Crippen LogP contribution < -0.4 is 29.2 Å². The Kier molecular flexibility index (Phi) is 18.7. The van der Waals surface area contributed by atoms with E-state index in [1.807, 2.05) is 52.0 Å². The Balaban J connectivity index is 0.965. The van der Waals surface area contributed by atoms with Gasteiger partial charge in [-0.2, -0.15) is 0 Å². The third-order valence-electron chi connectivity index (χ3n) is 8.01. The molecule has 0 saturated heterocycles. The first-order valence-electron chi connectivity index (χ1n) is 18.9. The second kappa shape index (κ2) is 24.0. The predicted octanol–water partition coefficient (Wildman–Crippen LogP) is 8.05. The SMILES string of the molecule is CC(C)Oc1ccc(C=Cc2cc[n+](CCCC(=O)NCCSSCCNC(=O)CCC[n+]3ccc(C=Cc4ccc(OC(C)C)cc4)cc3)cc2)cc1. The van der Waals surface area contributed by atoms with Crippen molar-refractivity contribution in [1.29, 1.82) is 0 Å². The van der Waals surface area contributed by atoms with E-state index in [0.717, 1.165) is 71.2 Å². The molecule has 0 aliphatic heterocycles. The van der Waals surface area contributed by atoms with Gasteiger partial charge in [0.25, 0.3) is 0 Å². The number of nitrogens with one attached hydrogen (secondary N) is 2. The van der Waals surface area contributed by atoms with Crippen LogP contribution in [0.15, 0.2) is 97.6 Å². The number of aromatic nitrogens is 2. The maximum absolute atomic E-state index is 12.3. The second-order valence-corrected chi connectivity index (χ2v) is 16.1. The minimum atomic E-state index is 0.0820. The number of carbonyl (C=O) groups is 2. The topological polar surface area (TPSA) is 84.4 Å².